The van der Waals surface area contributed by atoms with Gasteiger partial charge >= 0.3 is 5.97 Å². The SMILES string of the molecule is COC(=O)CNC(=O)c1cc2c(OC)c(OC)c(OC)cc2[nH]1.Cl. The van der Waals surface area contributed by atoms with E-state index in [-0.39, 0.29) is 24.6 Å². The minimum atomic E-state index is -0.532. The van der Waals surface area contributed by atoms with E-state index in [0.29, 0.717) is 28.2 Å². The van der Waals surface area contributed by atoms with E-state index < -0.39 is 11.9 Å². The molecule has 2 aromatic rings. The minimum absolute atomic E-state index is 0. The number of benzene rings is 1. The maximum absolute atomic E-state index is 12.1. The molecule has 0 aliphatic heterocycles. The molecule has 132 valence electrons. The van der Waals surface area contributed by atoms with Crippen molar-refractivity contribution in [1.29, 1.82) is 0 Å². The predicted octanol–water partition coefficient (Wildman–Crippen LogP) is 1.52. The zero-order valence-corrected chi connectivity index (χ0v) is 14.5. The number of amides is 1. The fourth-order valence-corrected chi connectivity index (χ4v) is 2.19. The van der Waals surface area contributed by atoms with Crippen molar-refractivity contribution < 1.29 is 28.5 Å². The van der Waals surface area contributed by atoms with E-state index in [9.17, 15) is 9.59 Å². The molecule has 0 aliphatic rings. The van der Waals surface area contributed by atoms with Crippen LogP contribution in [-0.4, -0.2) is 51.8 Å². The Kier molecular flexibility index (Phi) is 6.72. The summed E-state index contributed by atoms with van der Waals surface area (Å²) in [5.74, 6) is 0.385. The average Bonchev–Trinajstić information content (AvgIpc) is 3.00. The van der Waals surface area contributed by atoms with E-state index >= 15 is 0 Å². The number of esters is 1. The summed E-state index contributed by atoms with van der Waals surface area (Å²) < 4.78 is 20.4. The van der Waals surface area contributed by atoms with Gasteiger partial charge in [0.05, 0.1) is 34.0 Å². The van der Waals surface area contributed by atoms with Gasteiger partial charge in [-0.1, -0.05) is 0 Å². The van der Waals surface area contributed by atoms with E-state index in [2.05, 4.69) is 15.0 Å². The van der Waals surface area contributed by atoms with Gasteiger partial charge in [0, 0.05) is 11.5 Å². The van der Waals surface area contributed by atoms with Crippen LogP contribution < -0.4 is 19.5 Å². The number of hydrogen-bond donors (Lipinski definition) is 2. The van der Waals surface area contributed by atoms with Gasteiger partial charge in [-0.15, -0.1) is 12.4 Å². The lowest BCUT2D eigenvalue weighted by Crippen LogP contribution is -2.30. The Morgan fingerprint density at radius 2 is 1.71 bits per heavy atom. The number of aromatic nitrogens is 1. The van der Waals surface area contributed by atoms with Crippen LogP contribution in [-0.2, 0) is 9.53 Å². The number of H-pyrrole nitrogens is 1. The van der Waals surface area contributed by atoms with Gasteiger partial charge in [-0.25, -0.2) is 0 Å². The van der Waals surface area contributed by atoms with E-state index in [0.717, 1.165) is 0 Å². The van der Waals surface area contributed by atoms with Gasteiger partial charge in [0.25, 0.3) is 5.91 Å². The molecular weight excluding hydrogens is 340 g/mol. The Morgan fingerprint density at radius 1 is 1.04 bits per heavy atom. The first kappa shape index (κ1) is 19.4. The molecule has 0 unspecified atom stereocenters. The van der Waals surface area contributed by atoms with Gasteiger partial charge in [0.1, 0.15) is 12.2 Å². The van der Waals surface area contributed by atoms with Gasteiger partial charge in [0.2, 0.25) is 5.75 Å². The average molecular weight is 359 g/mol. The number of hydrogen-bond acceptors (Lipinski definition) is 6. The van der Waals surface area contributed by atoms with E-state index in [1.54, 1.807) is 12.1 Å². The molecule has 0 radical (unpaired) electrons. The molecule has 0 aliphatic carbocycles. The van der Waals surface area contributed by atoms with Crippen LogP contribution in [0.25, 0.3) is 10.9 Å². The van der Waals surface area contributed by atoms with E-state index in [1.165, 1.54) is 28.4 Å². The number of nitrogens with one attached hydrogen (secondary N) is 2. The Balaban J connectivity index is 0.00000288. The Labute approximate surface area is 144 Å². The summed E-state index contributed by atoms with van der Waals surface area (Å²) in [5, 5.41) is 3.12. The number of carbonyl (C=O) groups is 2. The smallest absolute Gasteiger partial charge is 0.325 e. The summed E-state index contributed by atoms with van der Waals surface area (Å²) in [7, 11) is 5.76. The van der Waals surface area contributed by atoms with Crippen molar-refractivity contribution in [3.8, 4) is 17.2 Å². The molecule has 1 aromatic heterocycles. The van der Waals surface area contributed by atoms with Crippen LogP contribution in [0.15, 0.2) is 12.1 Å². The first-order valence-electron chi connectivity index (χ1n) is 6.72. The second-order valence-corrected chi connectivity index (χ2v) is 4.55. The van der Waals surface area contributed by atoms with Gasteiger partial charge in [0.15, 0.2) is 11.5 Å². The van der Waals surface area contributed by atoms with Crippen molar-refractivity contribution in [2.75, 3.05) is 35.0 Å². The summed E-state index contributed by atoms with van der Waals surface area (Å²) in [6.45, 7) is -0.214. The molecule has 9 heteroatoms. The lowest BCUT2D eigenvalue weighted by atomic mass is 10.2. The molecule has 1 amide bonds. The number of aromatic amines is 1. The van der Waals surface area contributed by atoms with E-state index in [1.807, 2.05) is 0 Å². The second-order valence-electron chi connectivity index (χ2n) is 4.55. The van der Waals surface area contributed by atoms with Crippen molar-refractivity contribution >= 4 is 35.2 Å². The molecule has 1 heterocycles. The van der Waals surface area contributed by atoms with Gasteiger partial charge < -0.3 is 29.2 Å². The van der Waals surface area contributed by atoms with Crippen LogP contribution in [0.4, 0.5) is 0 Å². The van der Waals surface area contributed by atoms with Gasteiger partial charge in [-0.05, 0) is 6.07 Å². The number of methoxy groups -OCH3 is 4. The predicted molar refractivity (Wildman–Crippen MR) is 89.6 cm³/mol. The molecule has 2 rings (SSSR count). The first-order chi connectivity index (χ1) is 11.0. The number of carbonyl (C=O) groups excluding carboxylic acids is 2. The molecule has 2 N–H and O–H groups in total. The standard InChI is InChI=1S/C15H18N2O6.ClH/c1-20-11-6-9-8(13(22-3)14(11)23-4)5-10(17-9)15(19)16-7-12(18)21-2;/h5-6,17H,7H2,1-4H3,(H,16,19);1H. The molecule has 1 aromatic carbocycles. The maximum Gasteiger partial charge on any atom is 0.325 e. The highest BCUT2D eigenvalue weighted by Gasteiger charge is 2.20. The van der Waals surface area contributed by atoms with Crippen LogP contribution in [0, 0.1) is 0 Å². The van der Waals surface area contributed by atoms with Crippen molar-refractivity contribution in [2.24, 2.45) is 0 Å². The Bertz CT molecular complexity index is 743. The quantitative estimate of drug-likeness (QED) is 0.759. The molecule has 0 saturated heterocycles. The largest absolute Gasteiger partial charge is 0.493 e. The van der Waals surface area contributed by atoms with E-state index in [4.69, 9.17) is 14.2 Å². The Hall–Kier alpha value is -2.61. The number of ether oxygens (including phenoxy) is 4. The summed E-state index contributed by atoms with van der Waals surface area (Å²) in [6, 6.07) is 3.32. The highest BCUT2D eigenvalue weighted by molar-refractivity contribution is 6.02. The second kappa shape index (κ2) is 8.30. The normalized spacial score (nSPS) is 9.83. The van der Waals surface area contributed by atoms with Crippen LogP contribution >= 0.6 is 12.4 Å². The maximum atomic E-state index is 12.1. The lowest BCUT2D eigenvalue weighted by Gasteiger charge is -2.12. The topological polar surface area (TPSA) is 98.9 Å². The molecule has 0 saturated carbocycles. The van der Waals surface area contributed by atoms with Crippen LogP contribution in [0.2, 0.25) is 0 Å². The number of fused-ring (bicyclic) bond motifs is 1. The summed E-state index contributed by atoms with van der Waals surface area (Å²) in [4.78, 5) is 26.1. The van der Waals surface area contributed by atoms with Crippen LogP contribution in [0.3, 0.4) is 0 Å². The minimum Gasteiger partial charge on any atom is -0.493 e. The lowest BCUT2D eigenvalue weighted by molar-refractivity contribution is -0.139. The van der Waals surface area contributed by atoms with Crippen LogP contribution in [0.1, 0.15) is 10.5 Å². The third-order valence-corrected chi connectivity index (χ3v) is 3.29. The monoisotopic (exact) mass is 358 g/mol. The van der Waals surface area contributed by atoms with Gasteiger partial charge in [-0.2, -0.15) is 0 Å². The summed E-state index contributed by atoms with van der Waals surface area (Å²) in [5.41, 5.74) is 0.917. The number of rotatable bonds is 6. The first-order valence-corrected chi connectivity index (χ1v) is 6.72. The molecule has 0 bridgehead atoms. The molecule has 0 spiro atoms. The van der Waals surface area contributed by atoms with Gasteiger partial charge in [-0.3, -0.25) is 9.59 Å². The van der Waals surface area contributed by atoms with Crippen LogP contribution in [0.5, 0.6) is 17.2 Å². The zero-order valence-electron chi connectivity index (χ0n) is 13.7. The van der Waals surface area contributed by atoms with Crippen molar-refractivity contribution in [3.05, 3.63) is 17.8 Å². The third-order valence-electron chi connectivity index (χ3n) is 3.29. The molecular formula is C15H19ClN2O6. The van der Waals surface area contributed by atoms with Crippen molar-refractivity contribution in [3.63, 3.8) is 0 Å². The molecule has 24 heavy (non-hydrogen) atoms. The fraction of sp³-hybridized carbons (Fsp3) is 0.333. The third kappa shape index (κ3) is 3.65. The zero-order chi connectivity index (χ0) is 17.0. The van der Waals surface area contributed by atoms with Crippen molar-refractivity contribution in [2.45, 2.75) is 0 Å². The fourth-order valence-electron chi connectivity index (χ4n) is 2.19. The highest BCUT2D eigenvalue weighted by atomic mass is 35.5. The molecule has 0 atom stereocenters. The summed E-state index contributed by atoms with van der Waals surface area (Å²) in [6.07, 6.45) is 0. The summed E-state index contributed by atoms with van der Waals surface area (Å²) >= 11 is 0. The highest BCUT2D eigenvalue weighted by Crippen LogP contribution is 2.43. The Morgan fingerprint density at radius 3 is 2.25 bits per heavy atom. The molecule has 8 nitrogen and oxygen atoms in total. The van der Waals surface area contributed by atoms with Crippen molar-refractivity contribution in [1.82, 2.24) is 10.3 Å². The molecule has 0 fully saturated rings. The number of halogens is 1.